The van der Waals surface area contributed by atoms with Crippen LogP contribution in [0.4, 0.5) is 16.2 Å². The molecule has 5 aromatic rings. The van der Waals surface area contributed by atoms with Crippen LogP contribution < -0.4 is 15.8 Å². The third kappa shape index (κ3) is 4.25. The summed E-state index contributed by atoms with van der Waals surface area (Å²) >= 11 is 0. The van der Waals surface area contributed by atoms with E-state index in [2.05, 4.69) is 15.4 Å². The first-order valence-corrected chi connectivity index (χ1v) is 10.9. The van der Waals surface area contributed by atoms with Crippen molar-refractivity contribution in [1.29, 1.82) is 0 Å². The first-order valence-electron chi connectivity index (χ1n) is 10.9. The van der Waals surface area contributed by atoms with Crippen molar-refractivity contribution in [3.8, 4) is 22.7 Å². The van der Waals surface area contributed by atoms with E-state index in [1.54, 1.807) is 23.9 Å². The predicted octanol–water partition coefficient (Wildman–Crippen LogP) is 4.87. The van der Waals surface area contributed by atoms with E-state index in [0.29, 0.717) is 35.0 Å². The molecular weight excluding hydrogens is 431 g/mol. The fourth-order valence-corrected chi connectivity index (χ4v) is 3.78. The molecule has 3 aromatic carbocycles. The van der Waals surface area contributed by atoms with Crippen molar-refractivity contribution in [2.75, 3.05) is 24.7 Å². The van der Waals surface area contributed by atoms with E-state index in [-0.39, 0.29) is 5.82 Å². The number of fused-ring (bicyclic) bond motifs is 1. The van der Waals surface area contributed by atoms with Crippen LogP contribution >= 0.6 is 0 Å². The number of methoxy groups -OCH3 is 1. The summed E-state index contributed by atoms with van der Waals surface area (Å²) in [6.45, 7) is 0.621. The molecule has 0 spiro atoms. The number of ether oxygens (including phenoxy) is 1. The number of para-hydroxylation sites is 1. The summed E-state index contributed by atoms with van der Waals surface area (Å²) in [6, 6.07) is 23.7. The lowest BCUT2D eigenvalue weighted by atomic mass is 10.1. The Balaban J connectivity index is 1.51. The number of anilines is 2. The molecule has 7 nitrogen and oxygen atoms in total. The molecule has 5 rings (SSSR count). The maximum Gasteiger partial charge on any atom is 0.225 e. The highest BCUT2D eigenvalue weighted by atomic mass is 19.1. The van der Waals surface area contributed by atoms with E-state index >= 15 is 0 Å². The predicted molar refractivity (Wildman–Crippen MR) is 132 cm³/mol. The molecule has 170 valence electrons. The molecule has 3 N–H and O–H groups in total. The van der Waals surface area contributed by atoms with Gasteiger partial charge in [-0.2, -0.15) is 4.98 Å². The minimum Gasteiger partial charge on any atom is -0.497 e. The Morgan fingerprint density at radius 1 is 0.941 bits per heavy atom. The van der Waals surface area contributed by atoms with Crippen LogP contribution in [0, 0.1) is 5.82 Å². The number of benzene rings is 3. The lowest BCUT2D eigenvalue weighted by molar-refractivity contribution is 0.414. The minimum atomic E-state index is -0.320. The molecular formula is C26H23FN6O. The Kier molecular flexibility index (Phi) is 5.78. The Hall–Kier alpha value is -4.46. The van der Waals surface area contributed by atoms with E-state index in [1.807, 2.05) is 54.6 Å². The average Bonchev–Trinajstić information content (AvgIpc) is 3.21. The Bertz CT molecular complexity index is 1420. The molecule has 0 unspecified atom stereocenters. The van der Waals surface area contributed by atoms with Gasteiger partial charge in [0.1, 0.15) is 17.4 Å². The Morgan fingerprint density at radius 3 is 2.38 bits per heavy atom. The van der Waals surface area contributed by atoms with E-state index in [0.717, 1.165) is 29.0 Å². The van der Waals surface area contributed by atoms with E-state index < -0.39 is 0 Å². The van der Waals surface area contributed by atoms with Gasteiger partial charge < -0.3 is 15.8 Å². The number of aromatic nitrogens is 4. The van der Waals surface area contributed by atoms with Crippen molar-refractivity contribution in [3.05, 3.63) is 90.2 Å². The lowest BCUT2D eigenvalue weighted by Crippen LogP contribution is -2.09. The molecule has 0 aliphatic carbocycles. The van der Waals surface area contributed by atoms with Crippen LogP contribution in [0.1, 0.15) is 5.56 Å². The number of nitrogens with two attached hydrogens (primary N) is 1. The molecule has 0 aliphatic heterocycles. The van der Waals surface area contributed by atoms with E-state index in [4.69, 9.17) is 15.5 Å². The zero-order valence-electron chi connectivity index (χ0n) is 18.6. The molecule has 0 fully saturated rings. The maximum atomic E-state index is 13.6. The van der Waals surface area contributed by atoms with Crippen LogP contribution in [-0.2, 0) is 6.42 Å². The quantitative estimate of drug-likeness (QED) is 0.365. The van der Waals surface area contributed by atoms with Crippen LogP contribution in [-0.4, -0.2) is 33.4 Å². The molecule has 34 heavy (non-hydrogen) atoms. The molecule has 8 heteroatoms. The van der Waals surface area contributed by atoms with Crippen LogP contribution in [0.25, 0.3) is 28.0 Å². The number of hydrogen-bond acceptors (Lipinski definition) is 6. The summed E-state index contributed by atoms with van der Waals surface area (Å²) in [4.78, 5) is 9.35. The molecule has 0 saturated heterocycles. The second kappa shape index (κ2) is 9.19. The summed E-state index contributed by atoms with van der Waals surface area (Å²) < 4.78 is 20.4. The van der Waals surface area contributed by atoms with Gasteiger partial charge in [-0.25, -0.2) is 14.1 Å². The molecule has 0 aliphatic rings. The fourth-order valence-electron chi connectivity index (χ4n) is 3.78. The number of rotatable bonds is 7. The fraction of sp³-hybridized carbons (Fsp3) is 0.115. The van der Waals surface area contributed by atoms with Crippen molar-refractivity contribution < 1.29 is 9.13 Å². The van der Waals surface area contributed by atoms with Gasteiger partial charge in [-0.1, -0.05) is 30.3 Å². The van der Waals surface area contributed by atoms with Crippen molar-refractivity contribution in [1.82, 2.24) is 19.7 Å². The van der Waals surface area contributed by atoms with Crippen LogP contribution in [0.5, 0.6) is 5.75 Å². The number of nitrogen functional groups attached to an aromatic ring is 1. The highest BCUT2D eigenvalue weighted by Gasteiger charge is 2.19. The first kappa shape index (κ1) is 21.4. The third-order valence-electron chi connectivity index (χ3n) is 5.54. The maximum absolute atomic E-state index is 13.6. The van der Waals surface area contributed by atoms with Gasteiger partial charge in [0.15, 0.2) is 5.65 Å². The number of nitrogens with one attached hydrogen (secondary N) is 1. The van der Waals surface area contributed by atoms with Crippen molar-refractivity contribution in [3.63, 3.8) is 0 Å². The first-order chi connectivity index (χ1) is 16.6. The van der Waals surface area contributed by atoms with Gasteiger partial charge in [0.2, 0.25) is 5.95 Å². The van der Waals surface area contributed by atoms with Crippen molar-refractivity contribution >= 4 is 22.8 Å². The summed E-state index contributed by atoms with van der Waals surface area (Å²) in [5.74, 6) is 1.35. The van der Waals surface area contributed by atoms with Gasteiger partial charge in [-0.05, 0) is 60.5 Å². The van der Waals surface area contributed by atoms with Gasteiger partial charge >= 0.3 is 0 Å². The zero-order chi connectivity index (χ0) is 23.5. The molecule has 2 heterocycles. The number of halogens is 1. The summed E-state index contributed by atoms with van der Waals surface area (Å²) in [5, 5.41) is 8.55. The van der Waals surface area contributed by atoms with Crippen LogP contribution in [0.15, 0.2) is 78.9 Å². The van der Waals surface area contributed by atoms with Crippen LogP contribution in [0.3, 0.4) is 0 Å². The van der Waals surface area contributed by atoms with Gasteiger partial charge in [0.05, 0.1) is 23.9 Å². The summed E-state index contributed by atoms with van der Waals surface area (Å²) in [7, 11) is 1.65. The van der Waals surface area contributed by atoms with Gasteiger partial charge in [0.25, 0.3) is 0 Å². The third-order valence-corrected chi connectivity index (χ3v) is 5.54. The normalized spacial score (nSPS) is 11.0. The van der Waals surface area contributed by atoms with E-state index in [9.17, 15) is 4.39 Å². The van der Waals surface area contributed by atoms with Crippen LogP contribution in [0.2, 0.25) is 0 Å². The Labute approximate surface area is 196 Å². The number of nitrogens with zero attached hydrogens (tertiary/aromatic N) is 4. The topological polar surface area (TPSA) is 90.9 Å². The molecule has 0 radical (unpaired) electrons. The monoisotopic (exact) mass is 454 g/mol. The molecule has 0 atom stereocenters. The molecule has 0 amide bonds. The van der Waals surface area contributed by atoms with Gasteiger partial charge in [0, 0.05) is 12.1 Å². The smallest absolute Gasteiger partial charge is 0.225 e. The lowest BCUT2D eigenvalue weighted by Gasteiger charge is -2.09. The van der Waals surface area contributed by atoms with Gasteiger partial charge in [-0.3, -0.25) is 0 Å². The molecule has 2 aromatic heterocycles. The largest absolute Gasteiger partial charge is 0.497 e. The van der Waals surface area contributed by atoms with E-state index in [1.165, 1.54) is 12.1 Å². The molecule has 0 bridgehead atoms. The standard InChI is InChI=1S/C26H23FN6O/c1-34-21-13-7-17(8-14-21)15-16-29-26-30-23(18-9-11-19(27)12-10-18)22-24(28)33(32-25(22)31-26)20-5-3-2-4-6-20/h2-14H,15-16,28H2,1H3,(H,29,31,32). The minimum absolute atomic E-state index is 0.320. The highest BCUT2D eigenvalue weighted by Crippen LogP contribution is 2.32. The highest BCUT2D eigenvalue weighted by molar-refractivity contribution is 5.99. The number of hydrogen-bond donors (Lipinski definition) is 2. The van der Waals surface area contributed by atoms with Crippen molar-refractivity contribution in [2.24, 2.45) is 0 Å². The second-order valence-corrected chi connectivity index (χ2v) is 7.76. The summed E-state index contributed by atoms with van der Waals surface area (Å²) in [6.07, 6.45) is 0.776. The SMILES string of the molecule is COc1ccc(CCNc2nc(-c3ccc(F)cc3)c3c(N)n(-c4ccccc4)nc3n2)cc1. The van der Waals surface area contributed by atoms with Crippen molar-refractivity contribution in [2.45, 2.75) is 6.42 Å². The second-order valence-electron chi connectivity index (χ2n) is 7.76. The Morgan fingerprint density at radius 2 is 1.68 bits per heavy atom. The zero-order valence-corrected chi connectivity index (χ0v) is 18.6. The van der Waals surface area contributed by atoms with Gasteiger partial charge in [-0.15, -0.1) is 5.10 Å². The molecule has 0 saturated carbocycles. The average molecular weight is 455 g/mol. The summed E-state index contributed by atoms with van der Waals surface area (Å²) in [5.41, 5.74) is 10.3.